The Labute approximate surface area is 167 Å². The summed E-state index contributed by atoms with van der Waals surface area (Å²) in [6.07, 6.45) is 0.954. The minimum Gasteiger partial charge on any atom is -0.206 e. The van der Waals surface area contributed by atoms with Crippen LogP contribution in [0.2, 0.25) is 0 Å². The summed E-state index contributed by atoms with van der Waals surface area (Å²) in [5.41, 5.74) is 4.24. The van der Waals surface area contributed by atoms with Gasteiger partial charge in [-0.15, -0.1) is 22.7 Å². The fraction of sp³-hybridized carbons (Fsp3) is 0.0833. The van der Waals surface area contributed by atoms with Gasteiger partial charge < -0.3 is 0 Å². The molecule has 28 heavy (non-hydrogen) atoms. The molecule has 2 aliphatic carbocycles. The summed E-state index contributed by atoms with van der Waals surface area (Å²) in [4.78, 5) is 1.83. The normalized spacial score (nSPS) is 13.8. The van der Waals surface area contributed by atoms with Gasteiger partial charge in [0.2, 0.25) is 0 Å². The molecule has 0 radical (unpaired) electrons. The SMILES string of the molecule is Fc1c2c(c(F)c3c1-c1sc4ccccc4c1C3)-c1sc3ccccc3c1C2. The zero-order valence-corrected chi connectivity index (χ0v) is 16.2. The number of fused-ring (bicyclic) bond motifs is 10. The van der Waals surface area contributed by atoms with Gasteiger partial charge in [-0.3, -0.25) is 0 Å². The monoisotopic (exact) mass is 402 g/mol. The van der Waals surface area contributed by atoms with E-state index in [9.17, 15) is 0 Å². The van der Waals surface area contributed by atoms with Gasteiger partial charge in [-0.2, -0.15) is 0 Å². The van der Waals surface area contributed by atoms with Crippen LogP contribution in [0.4, 0.5) is 8.78 Å². The third-order valence-corrected chi connectivity index (χ3v) is 8.59. The molecule has 0 fully saturated rings. The lowest BCUT2D eigenvalue weighted by molar-refractivity contribution is 0.591. The molecular formula is C24H12F2S2. The number of rotatable bonds is 0. The van der Waals surface area contributed by atoms with Gasteiger partial charge in [-0.1, -0.05) is 36.4 Å². The summed E-state index contributed by atoms with van der Waals surface area (Å²) in [6.45, 7) is 0. The summed E-state index contributed by atoms with van der Waals surface area (Å²) in [5, 5.41) is 2.25. The molecule has 0 spiro atoms. The summed E-state index contributed by atoms with van der Waals surface area (Å²) < 4.78 is 33.8. The maximum atomic E-state index is 15.7. The molecule has 3 aromatic carbocycles. The van der Waals surface area contributed by atoms with Gasteiger partial charge in [0.25, 0.3) is 0 Å². The second-order valence-electron chi connectivity index (χ2n) is 7.50. The minimum atomic E-state index is -0.218. The first-order chi connectivity index (χ1) is 13.7. The zero-order valence-electron chi connectivity index (χ0n) is 14.6. The first kappa shape index (κ1) is 15.4. The van der Waals surface area contributed by atoms with Gasteiger partial charge in [-0.25, -0.2) is 8.78 Å². The molecule has 134 valence electrons. The zero-order chi connectivity index (χ0) is 18.6. The van der Waals surface area contributed by atoms with Crippen LogP contribution in [0.25, 0.3) is 41.1 Å². The van der Waals surface area contributed by atoms with Gasteiger partial charge >= 0.3 is 0 Å². The Morgan fingerprint density at radius 3 is 1.46 bits per heavy atom. The first-order valence-corrected chi connectivity index (χ1v) is 10.9. The average molecular weight is 402 g/mol. The van der Waals surface area contributed by atoms with E-state index in [1.54, 1.807) is 22.7 Å². The van der Waals surface area contributed by atoms with Crippen LogP contribution < -0.4 is 0 Å². The predicted octanol–water partition coefficient (Wildman–Crippen LogP) is 7.54. The second-order valence-corrected chi connectivity index (χ2v) is 9.60. The Balaban J connectivity index is 1.55. The van der Waals surface area contributed by atoms with Crippen LogP contribution >= 0.6 is 22.7 Å². The number of halogens is 2. The highest BCUT2D eigenvalue weighted by molar-refractivity contribution is 7.23. The quantitative estimate of drug-likeness (QED) is 0.246. The standard InChI is InChI=1S/C24H12F2S2/c25-21-15-9-13-11-5-1-3-7-17(11)27-23(13)19(15)22(26)16-10-14-12-6-2-4-8-18(12)28-24(14)20(16)21/h1-8H,9-10H2. The molecule has 0 unspecified atom stereocenters. The maximum Gasteiger partial charge on any atom is 0.136 e. The van der Waals surface area contributed by atoms with Gasteiger partial charge in [-0.05, 0) is 34.0 Å². The molecule has 0 saturated carbocycles. The van der Waals surface area contributed by atoms with E-state index >= 15 is 8.78 Å². The molecule has 4 heteroatoms. The summed E-state index contributed by atoms with van der Waals surface area (Å²) in [6, 6.07) is 16.2. The molecule has 0 aliphatic heterocycles. The van der Waals surface area contributed by atoms with E-state index in [4.69, 9.17) is 0 Å². The molecule has 0 saturated heterocycles. The lowest BCUT2D eigenvalue weighted by Gasteiger charge is -2.11. The Morgan fingerprint density at radius 2 is 1.00 bits per heavy atom. The van der Waals surface area contributed by atoms with Crippen LogP contribution in [0.15, 0.2) is 48.5 Å². The van der Waals surface area contributed by atoms with E-state index in [1.165, 1.54) is 0 Å². The van der Waals surface area contributed by atoms with Crippen molar-refractivity contribution in [3.63, 3.8) is 0 Å². The van der Waals surface area contributed by atoms with E-state index in [2.05, 4.69) is 24.3 Å². The summed E-state index contributed by atoms with van der Waals surface area (Å²) in [5.74, 6) is -0.437. The van der Waals surface area contributed by atoms with E-state index in [0.717, 1.165) is 41.1 Å². The van der Waals surface area contributed by atoms with Gasteiger partial charge in [0.15, 0.2) is 0 Å². The number of benzene rings is 3. The lowest BCUT2D eigenvalue weighted by Crippen LogP contribution is -1.99. The molecule has 5 aromatic rings. The van der Waals surface area contributed by atoms with Crippen LogP contribution in [0.5, 0.6) is 0 Å². The van der Waals surface area contributed by atoms with Crippen molar-refractivity contribution in [3.8, 4) is 20.9 Å². The fourth-order valence-electron chi connectivity index (χ4n) is 4.90. The van der Waals surface area contributed by atoms with E-state index in [-0.39, 0.29) is 11.6 Å². The van der Waals surface area contributed by atoms with Crippen molar-refractivity contribution in [2.45, 2.75) is 12.8 Å². The van der Waals surface area contributed by atoms with Gasteiger partial charge in [0, 0.05) is 54.2 Å². The molecule has 0 N–H and O–H groups in total. The third-order valence-electron chi connectivity index (χ3n) is 6.13. The Kier molecular flexibility index (Phi) is 2.79. The molecule has 2 aromatic heterocycles. The largest absolute Gasteiger partial charge is 0.206 e. The van der Waals surface area contributed by atoms with Crippen molar-refractivity contribution in [3.05, 3.63) is 82.4 Å². The summed E-state index contributed by atoms with van der Waals surface area (Å²) in [7, 11) is 0. The molecular weight excluding hydrogens is 390 g/mol. The molecule has 2 heterocycles. The molecule has 7 rings (SSSR count). The highest BCUT2D eigenvalue weighted by atomic mass is 32.1. The Hall–Kier alpha value is -2.56. The average Bonchev–Trinajstić information content (AvgIpc) is 3.43. The van der Waals surface area contributed by atoms with Crippen LogP contribution in [0.3, 0.4) is 0 Å². The van der Waals surface area contributed by atoms with E-state index in [0.29, 0.717) is 35.1 Å². The minimum absolute atomic E-state index is 0.218. The van der Waals surface area contributed by atoms with Crippen molar-refractivity contribution in [2.24, 2.45) is 0 Å². The fourth-order valence-corrected chi connectivity index (χ4v) is 7.47. The second kappa shape index (κ2) is 5.07. The molecule has 0 nitrogen and oxygen atoms in total. The molecule has 0 atom stereocenters. The highest BCUT2D eigenvalue weighted by Gasteiger charge is 2.37. The van der Waals surface area contributed by atoms with Crippen molar-refractivity contribution < 1.29 is 8.78 Å². The number of thiophene rings is 2. The van der Waals surface area contributed by atoms with Gasteiger partial charge in [0.1, 0.15) is 11.6 Å². The highest BCUT2D eigenvalue weighted by Crippen LogP contribution is 2.55. The van der Waals surface area contributed by atoms with Crippen molar-refractivity contribution in [1.82, 2.24) is 0 Å². The van der Waals surface area contributed by atoms with Crippen molar-refractivity contribution in [1.29, 1.82) is 0 Å². The lowest BCUT2D eigenvalue weighted by atomic mass is 9.99. The smallest absolute Gasteiger partial charge is 0.136 e. The van der Waals surface area contributed by atoms with Gasteiger partial charge in [0.05, 0.1) is 0 Å². The molecule has 0 bridgehead atoms. The van der Waals surface area contributed by atoms with Crippen LogP contribution in [-0.4, -0.2) is 0 Å². The number of hydrogen-bond donors (Lipinski definition) is 0. The van der Waals surface area contributed by atoms with Crippen LogP contribution in [0.1, 0.15) is 22.3 Å². The van der Waals surface area contributed by atoms with Crippen LogP contribution in [-0.2, 0) is 12.8 Å². The summed E-state index contributed by atoms with van der Waals surface area (Å²) >= 11 is 3.16. The molecule has 2 aliphatic rings. The maximum absolute atomic E-state index is 15.7. The van der Waals surface area contributed by atoms with Crippen LogP contribution in [0, 0.1) is 11.6 Å². The van der Waals surface area contributed by atoms with E-state index < -0.39 is 0 Å². The van der Waals surface area contributed by atoms with Crippen molar-refractivity contribution >= 4 is 42.8 Å². The Morgan fingerprint density at radius 1 is 0.571 bits per heavy atom. The van der Waals surface area contributed by atoms with E-state index in [1.807, 2.05) is 24.3 Å². The Bertz CT molecular complexity index is 1370. The molecule has 0 amide bonds. The first-order valence-electron chi connectivity index (χ1n) is 9.26. The van der Waals surface area contributed by atoms with Crippen molar-refractivity contribution in [2.75, 3.05) is 0 Å². The third kappa shape index (κ3) is 1.70. The topological polar surface area (TPSA) is 0 Å². The predicted molar refractivity (Wildman–Crippen MR) is 114 cm³/mol. The number of hydrogen-bond acceptors (Lipinski definition) is 2.